The molecular formula is C15H17BrN2. The Balaban J connectivity index is 2.01. The lowest BCUT2D eigenvalue weighted by Crippen LogP contribution is -2.32. The highest BCUT2D eigenvalue weighted by Gasteiger charge is 2.17. The number of piperidine rings is 1. The van der Waals surface area contributed by atoms with Crippen molar-refractivity contribution in [2.45, 2.75) is 19.8 Å². The Labute approximate surface area is 116 Å². The summed E-state index contributed by atoms with van der Waals surface area (Å²) in [5.41, 5.74) is 2.40. The lowest BCUT2D eigenvalue weighted by molar-refractivity contribution is 0.439. The van der Waals surface area contributed by atoms with Gasteiger partial charge >= 0.3 is 0 Å². The second-order valence-corrected chi connectivity index (χ2v) is 6.09. The van der Waals surface area contributed by atoms with E-state index in [0.717, 1.165) is 29.0 Å². The van der Waals surface area contributed by atoms with Crippen LogP contribution in [0.25, 0.3) is 10.9 Å². The van der Waals surface area contributed by atoms with Crippen LogP contribution in [0.15, 0.2) is 34.9 Å². The van der Waals surface area contributed by atoms with Gasteiger partial charge in [-0.1, -0.05) is 19.1 Å². The standard InChI is InChI=1S/C15H17BrN2/c1-11-5-7-18(8-6-11)14-4-2-3-12-9-13(16)10-17-15(12)14/h2-4,9-11H,5-8H2,1H3. The zero-order valence-corrected chi connectivity index (χ0v) is 12.2. The molecule has 0 radical (unpaired) electrons. The number of rotatable bonds is 1. The summed E-state index contributed by atoms with van der Waals surface area (Å²) in [4.78, 5) is 7.06. The van der Waals surface area contributed by atoms with Gasteiger partial charge in [0.15, 0.2) is 0 Å². The van der Waals surface area contributed by atoms with E-state index in [1.165, 1.54) is 23.9 Å². The van der Waals surface area contributed by atoms with E-state index in [0.29, 0.717) is 0 Å². The van der Waals surface area contributed by atoms with Crippen molar-refractivity contribution in [1.29, 1.82) is 0 Å². The topological polar surface area (TPSA) is 16.1 Å². The molecule has 2 aromatic rings. The molecule has 0 N–H and O–H groups in total. The van der Waals surface area contributed by atoms with Gasteiger partial charge in [-0.3, -0.25) is 4.98 Å². The van der Waals surface area contributed by atoms with Gasteiger partial charge in [-0.05, 0) is 46.8 Å². The first-order valence-corrected chi connectivity index (χ1v) is 7.32. The summed E-state index contributed by atoms with van der Waals surface area (Å²) >= 11 is 3.48. The molecule has 0 amide bonds. The predicted octanol–water partition coefficient (Wildman–Crippen LogP) is 4.23. The molecule has 2 heterocycles. The summed E-state index contributed by atoms with van der Waals surface area (Å²) in [6.07, 6.45) is 4.46. The number of halogens is 1. The summed E-state index contributed by atoms with van der Waals surface area (Å²) in [5.74, 6) is 0.860. The Morgan fingerprint density at radius 3 is 2.83 bits per heavy atom. The maximum atomic E-state index is 4.59. The highest BCUT2D eigenvalue weighted by atomic mass is 79.9. The number of nitrogens with zero attached hydrogens (tertiary/aromatic N) is 2. The number of anilines is 1. The normalized spacial score (nSPS) is 17.3. The summed E-state index contributed by atoms with van der Waals surface area (Å²) in [5, 5.41) is 1.21. The van der Waals surface area contributed by atoms with Crippen molar-refractivity contribution < 1.29 is 0 Å². The van der Waals surface area contributed by atoms with E-state index in [-0.39, 0.29) is 0 Å². The van der Waals surface area contributed by atoms with E-state index >= 15 is 0 Å². The Hall–Kier alpha value is -1.09. The van der Waals surface area contributed by atoms with Crippen LogP contribution in [0.1, 0.15) is 19.8 Å². The quantitative estimate of drug-likeness (QED) is 0.783. The van der Waals surface area contributed by atoms with Crippen LogP contribution in [0.4, 0.5) is 5.69 Å². The molecule has 1 fully saturated rings. The van der Waals surface area contributed by atoms with E-state index in [2.05, 4.69) is 57.0 Å². The molecule has 1 saturated heterocycles. The number of hydrogen-bond acceptors (Lipinski definition) is 2. The van der Waals surface area contributed by atoms with Crippen LogP contribution in [-0.2, 0) is 0 Å². The fourth-order valence-electron chi connectivity index (χ4n) is 2.62. The molecule has 3 heteroatoms. The minimum absolute atomic E-state index is 0.860. The van der Waals surface area contributed by atoms with Crippen molar-refractivity contribution in [3.8, 4) is 0 Å². The van der Waals surface area contributed by atoms with Crippen LogP contribution in [0.2, 0.25) is 0 Å². The summed E-state index contributed by atoms with van der Waals surface area (Å²) in [6, 6.07) is 8.59. The smallest absolute Gasteiger partial charge is 0.0936 e. The first-order chi connectivity index (χ1) is 8.74. The number of aromatic nitrogens is 1. The second-order valence-electron chi connectivity index (χ2n) is 5.17. The fourth-order valence-corrected chi connectivity index (χ4v) is 2.97. The fraction of sp³-hybridized carbons (Fsp3) is 0.400. The van der Waals surface area contributed by atoms with Crippen molar-refractivity contribution in [2.24, 2.45) is 5.92 Å². The van der Waals surface area contributed by atoms with E-state index < -0.39 is 0 Å². The van der Waals surface area contributed by atoms with Gasteiger partial charge in [0.25, 0.3) is 0 Å². The molecule has 94 valence electrons. The van der Waals surface area contributed by atoms with Crippen molar-refractivity contribution in [2.75, 3.05) is 18.0 Å². The van der Waals surface area contributed by atoms with Crippen LogP contribution in [0.3, 0.4) is 0 Å². The van der Waals surface area contributed by atoms with Gasteiger partial charge in [-0.15, -0.1) is 0 Å². The number of para-hydroxylation sites is 1. The molecule has 18 heavy (non-hydrogen) atoms. The third-order valence-electron chi connectivity index (χ3n) is 3.78. The van der Waals surface area contributed by atoms with E-state index in [4.69, 9.17) is 0 Å². The van der Waals surface area contributed by atoms with Crippen LogP contribution >= 0.6 is 15.9 Å². The molecule has 0 unspecified atom stereocenters. The largest absolute Gasteiger partial charge is 0.370 e. The average molecular weight is 305 g/mol. The molecular weight excluding hydrogens is 288 g/mol. The van der Waals surface area contributed by atoms with E-state index in [1.807, 2.05) is 6.20 Å². The lowest BCUT2D eigenvalue weighted by atomic mass is 9.98. The molecule has 1 aliphatic rings. The Kier molecular flexibility index (Phi) is 3.25. The zero-order chi connectivity index (χ0) is 12.5. The molecule has 0 bridgehead atoms. The molecule has 0 saturated carbocycles. The van der Waals surface area contributed by atoms with Crippen molar-refractivity contribution in [1.82, 2.24) is 4.98 Å². The van der Waals surface area contributed by atoms with Crippen LogP contribution < -0.4 is 4.90 Å². The summed E-state index contributed by atoms with van der Waals surface area (Å²) < 4.78 is 1.04. The average Bonchev–Trinajstić information content (AvgIpc) is 2.38. The first kappa shape index (κ1) is 12.0. The second kappa shape index (κ2) is 4.88. The van der Waals surface area contributed by atoms with Crippen molar-refractivity contribution >= 4 is 32.5 Å². The molecule has 0 spiro atoms. The van der Waals surface area contributed by atoms with Gasteiger partial charge < -0.3 is 4.90 Å². The molecule has 3 rings (SSSR count). The summed E-state index contributed by atoms with van der Waals surface area (Å²) in [6.45, 7) is 4.64. The third-order valence-corrected chi connectivity index (χ3v) is 4.21. The van der Waals surface area contributed by atoms with Gasteiger partial charge in [-0.2, -0.15) is 0 Å². The van der Waals surface area contributed by atoms with Gasteiger partial charge in [0.2, 0.25) is 0 Å². The van der Waals surface area contributed by atoms with Crippen LogP contribution in [0.5, 0.6) is 0 Å². The van der Waals surface area contributed by atoms with E-state index in [9.17, 15) is 0 Å². The Morgan fingerprint density at radius 2 is 2.06 bits per heavy atom. The monoisotopic (exact) mass is 304 g/mol. The highest BCUT2D eigenvalue weighted by molar-refractivity contribution is 9.10. The molecule has 1 aromatic carbocycles. The Morgan fingerprint density at radius 1 is 1.28 bits per heavy atom. The van der Waals surface area contributed by atoms with Gasteiger partial charge in [0.05, 0.1) is 11.2 Å². The highest BCUT2D eigenvalue weighted by Crippen LogP contribution is 2.29. The molecule has 1 aliphatic heterocycles. The lowest BCUT2D eigenvalue weighted by Gasteiger charge is -2.32. The number of pyridine rings is 1. The van der Waals surface area contributed by atoms with Gasteiger partial charge in [0, 0.05) is 29.1 Å². The molecule has 2 nitrogen and oxygen atoms in total. The SMILES string of the molecule is CC1CCN(c2cccc3cc(Br)cnc23)CC1. The predicted molar refractivity (Wildman–Crippen MR) is 80.1 cm³/mol. The maximum absolute atomic E-state index is 4.59. The van der Waals surface area contributed by atoms with Gasteiger partial charge in [0.1, 0.15) is 0 Å². The number of hydrogen-bond donors (Lipinski definition) is 0. The summed E-state index contributed by atoms with van der Waals surface area (Å²) in [7, 11) is 0. The maximum Gasteiger partial charge on any atom is 0.0936 e. The van der Waals surface area contributed by atoms with Crippen LogP contribution in [-0.4, -0.2) is 18.1 Å². The molecule has 0 atom stereocenters. The minimum Gasteiger partial charge on any atom is -0.370 e. The Bertz CT molecular complexity index is 559. The van der Waals surface area contributed by atoms with Crippen LogP contribution in [0, 0.1) is 5.92 Å². The zero-order valence-electron chi connectivity index (χ0n) is 10.6. The van der Waals surface area contributed by atoms with E-state index in [1.54, 1.807) is 0 Å². The molecule has 0 aliphatic carbocycles. The van der Waals surface area contributed by atoms with Crippen molar-refractivity contribution in [3.05, 3.63) is 34.9 Å². The minimum atomic E-state index is 0.860. The third kappa shape index (κ3) is 2.24. The number of fused-ring (bicyclic) bond motifs is 1. The number of benzene rings is 1. The van der Waals surface area contributed by atoms with Crippen molar-refractivity contribution in [3.63, 3.8) is 0 Å². The van der Waals surface area contributed by atoms with Gasteiger partial charge in [-0.25, -0.2) is 0 Å². The first-order valence-electron chi connectivity index (χ1n) is 6.53. The molecule has 1 aromatic heterocycles.